The maximum Gasteiger partial charge on any atom is 0.410 e. The van der Waals surface area contributed by atoms with E-state index in [2.05, 4.69) is 20.9 Å². The van der Waals surface area contributed by atoms with Gasteiger partial charge < -0.3 is 106 Å². The van der Waals surface area contributed by atoms with Gasteiger partial charge in [0.25, 0.3) is 5.56 Å². The van der Waals surface area contributed by atoms with Crippen molar-refractivity contribution in [3.05, 3.63) is 80.1 Å². The molecule has 0 unspecified atom stereocenters. The smallest absolute Gasteiger partial charge is 0.410 e. The van der Waals surface area contributed by atoms with E-state index in [4.69, 9.17) is 34.2 Å². The minimum Gasteiger partial charge on any atom is -0.493 e. The number of fused-ring (bicyclic) bond motifs is 5. The Morgan fingerprint density at radius 3 is 2.23 bits per heavy atom. The van der Waals surface area contributed by atoms with E-state index in [1.165, 1.54) is 40.7 Å². The minimum atomic E-state index is -2.17. The van der Waals surface area contributed by atoms with Gasteiger partial charge in [0.15, 0.2) is 35.6 Å². The number of aliphatic carboxylic acids is 2. The van der Waals surface area contributed by atoms with Crippen molar-refractivity contribution < 1.29 is 117 Å². The van der Waals surface area contributed by atoms with Crippen molar-refractivity contribution in [3.8, 4) is 22.9 Å². The number of nitrogens with two attached hydrogens (primary N) is 1. The number of ether oxygens (including phenoxy) is 6. The summed E-state index contributed by atoms with van der Waals surface area (Å²) in [5.41, 5.74) is 4.17. The van der Waals surface area contributed by atoms with E-state index in [0.717, 1.165) is 13.2 Å². The van der Waals surface area contributed by atoms with Crippen LogP contribution in [0.1, 0.15) is 80.7 Å². The highest BCUT2D eigenvalue weighted by atomic mass is 19.2. The third kappa shape index (κ3) is 13.1. The minimum absolute atomic E-state index is 0.0129. The van der Waals surface area contributed by atoms with Gasteiger partial charge in [-0.1, -0.05) is 13.0 Å². The fraction of sp³-hybridized carbons (Fsp3) is 0.509. The van der Waals surface area contributed by atoms with Gasteiger partial charge in [0.05, 0.1) is 47.9 Å². The van der Waals surface area contributed by atoms with Gasteiger partial charge in [-0.05, 0) is 68.9 Å². The first kappa shape index (κ1) is 64.9. The van der Waals surface area contributed by atoms with Crippen molar-refractivity contribution in [2.75, 3.05) is 25.5 Å². The van der Waals surface area contributed by atoms with E-state index >= 15 is 8.78 Å². The van der Waals surface area contributed by atoms with Gasteiger partial charge >= 0.3 is 24.0 Å². The Labute approximate surface area is 491 Å². The second-order valence-corrected chi connectivity index (χ2v) is 21.3. The molecule has 0 bridgehead atoms. The number of aromatic nitrogens is 2. The maximum absolute atomic E-state index is 15.6. The molecule has 4 aliphatic rings. The van der Waals surface area contributed by atoms with E-state index in [-0.39, 0.29) is 102 Å². The van der Waals surface area contributed by atoms with Gasteiger partial charge in [0, 0.05) is 54.6 Å². The number of carboxylic acid groups (broad SMARTS) is 2. The number of pyridine rings is 2. The van der Waals surface area contributed by atoms with Crippen LogP contribution in [-0.4, -0.2) is 196 Å². The van der Waals surface area contributed by atoms with Crippen LogP contribution in [0.3, 0.4) is 0 Å². The zero-order valence-electron chi connectivity index (χ0n) is 47.0. The molecular weight excluding hydrogens is 1160 g/mol. The van der Waals surface area contributed by atoms with Gasteiger partial charge in [0.2, 0.25) is 29.8 Å². The third-order valence-electron chi connectivity index (χ3n) is 15.4. The van der Waals surface area contributed by atoms with E-state index in [1.807, 2.05) is 0 Å². The lowest BCUT2D eigenvalue weighted by Crippen LogP contribution is -2.64. The number of methoxy groups -OCH3 is 1. The average Bonchev–Trinajstić information content (AvgIpc) is 2.24. The predicted octanol–water partition coefficient (Wildman–Crippen LogP) is -1.82. The molecule has 30 nitrogen and oxygen atoms in total. The zero-order valence-corrected chi connectivity index (χ0v) is 47.0. The van der Waals surface area contributed by atoms with E-state index in [9.17, 15) is 84.3 Å². The van der Waals surface area contributed by atoms with E-state index in [1.54, 1.807) is 13.8 Å². The number of rotatable bonds is 22. The number of aliphatic hydroxyl groups excluding tert-OH is 6. The highest BCUT2D eigenvalue weighted by Gasteiger charge is 2.50. The number of hydrogen-bond acceptors (Lipinski definition) is 23. The Bertz CT molecular complexity index is 3420. The maximum atomic E-state index is 15.6. The molecule has 2 aromatic heterocycles. The van der Waals surface area contributed by atoms with E-state index in [0.29, 0.717) is 11.1 Å². The summed E-state index contributed by atoms with van der Waals surface area (Å²) in [6.07, 6.45) is -21.7. The molecule has 32 heteroatoms. The number of halogens is 2. The number of carbonyl (C=O) groups excluding carboxylic acids is 5. The van der Waals surface area contributed by atoms with Crippen molar-refractivity contribution in [1.82, 2.24) is 25.1 Å². The lowest BCUT2D eigenvalue weighted by atomic mass is 9.86. The topological polar surface area (TPSA) is 457 Å². The summed E-state index contributed by atoms with van der Waals surface area (Å²) >= 11 is 0. The van der Waals surface area contributed by atoms with Gasteiger partial charge in [-0.25, -0.2) is 28.6 Å². The highest BCUT2D eigenvalue weighted by Crippen LogP contribution is 2.43. The number of aliphatic hydroxyl groups is 7. The molecule has 2 fully saturated rings. The van der Waals surface area contributed by atoms with Crippen molar-refractivity contribution in [2.45, 2.75) is 158 Å². The molecule has 8 rings (SSSR count). The Morgan fingerprint density at radius 2 is 1.57 bits per heavy atom. The van der Waals surface area contributed by atoms with Gasteiger partial charge in [0.1, 0.15) is 55.6 Å². The number of anilines is 1. The van der Waals surface area contributed by atoms with Crippen molar-refractivity contribution >= 4 is 58.3 Å². The molecule has 87 heavy (non-hydrogen) atoms. The number of esters is 1. The number of cyclic esters (lactones) is 1. The lowest BCUT2D eigenvalue weighted by molar-refractivity contribution is -0.271. The first-order valence-electron chi connectivity index (χ1n) is 27.4. The number of amides is 4. The Hall–Kier alpha value is -8.05. The first-order chi connectivity index (χ1) is 41.1. The van der Waals surface area contributed by atoms with Gasteiger partial charge in [-0.2, -0.15) is 4.39 Å². The molecule has 0 radical (unpaired) electrons. The summed E-state index contributed by atoms with van der Waals surface area (Å²) in [7, 11) is 1.13. The number of benzene rings is 2. The molecule has 0 aliphatic carbocycles. The van der Waals surface area contributed by atoms with Crippen molar-refractivity contribution in [1.29, 1.82) is 0 Å². The molecular formula is C55H65F2N7O23. The van der Waals surface area contributed by atoms with Crippen LogP contribution in [-0.2, 0) is 79.5 Å². The Morgan fingerprint density at radius 1 is 0.897 bits per heavy atom. The number of carbonyl (C=O) groups is 7. The molecule has 4 aliphatic heterocycles. The third-order valence-corrected chi connectivity index (χ3v) is 15.4. The van der Waals surface area contributed by atoms with Crippen LogP contribution in [0.15, 0.2) is 35.1 Å². The Balaban J connectivity index is 0.957. The molecule has 4 aromatic rings. The normalized spacial score (nSPS) is 25.1. The molecule has 0 spiro atoms. The van der Waals surface area contributed by atoms with Gasteiger partial charge in [-0.15, -0.1) is 0 Å². The molecule has 0 saturated carbocycles. The summed E-state index contributed by atoms with van der Waals surface area (Å²) in [6, 6.07) is 4.32. The van der Waals surface area contributed by atoms with Crippen molar-refractivity contribution in [2.24, 2.45) is 5.73 Å². The second-order valence-electron chi connectivity index (χ2n) is 21.3. The number of nitrogens with zero attached hydrogens (tertiary/aromatic N) is 3. The fourth-order valence-electron chi connectivity index (χ4n) is 10.6. The van der Waals surface area contributed by atoms with Gasteiger partial charge in [-0.3, -0.25) is 19.2 Å². The van der Waals surface area contributed by atoms with Crippen LogP contribution < -0.4 is 36.7 Å². The summed E-state index contributed by atoms with van der Waals surface area (Å²) in [6.45, 7) is 3.30. The lowest BCUT2D eigenvalue weighted by Gasteiger charge is -2.38. The second kappa shape index (κ2) is 26.5. The SMILES string of the molecule is CC[C@@]1(O)C(=O)OCc2c1cc1n(c2=O)Cc2c-1nc1cc(F)c(F)c(OC)c1c2CCN(C(=O)OCc1ccc(O[C@@H]2O[C@H](C(=O)O)[C@@H](O)[C@H](O)[C@H]2O)c(NC(=O)CCNC(=O)[C@@H](N)CCCC(=O)N[C@@H]2O[C@H](C(=O)O)[C@@H](O)[C@H](O)[C@H]2O)c1)C(C)C. The molecule has 472 valence electrons. The zero-order chi connectivity index (χ0) is 63.7. The van der Waals surface area contributed by atoms with Crippen LogP contribution in [0.2, 0.25) is 0 Å². The average molecular weight is 1230 g/mol. The number of carboxylic acids is 2. The van der Waals surface area contributed by atoms with Crippen LogP contribution in [0, 0.1) is 11.6 Å². The fourth-order valence-corrected chi connectivity index (χ4v) is 10.6. The van der Waals surface area contributed by atoms with E-state index < -0.39 is 163 Å². The predicted molar refractivity (Wildman–Crippen MR) is 289 cm³/mol. The van der Waals surface area contributed by atoms with Crippen LogP contribution in [0.25, 0.3) is 22.3 Å². The summed E-state index contributed by atoms with van der Waals surface area (Å²) < 4.78 is 64.5. The summed E-state index contributed by atoms with van der Waals surface area (Å²) in [5, 5.41) is 99.1. The van der Waals surface area contributed by atoms with Crippen LogP contribution >= 0.6 is 0 Å². The number of hydrogen-bond donors (Lipinski definition) is 13. The monoisotopic (exact) mass is 1230 g/mol. The molecule has 4 amide bonds. The quantitative estimate of drug-likeness (QED) is 0.0339. The largest absolute Gasteiger partial charge is 0.493 e. The van der Waals surface area contributed by atoms with Crippen LogP contribution in [0.5, 0.6) is 11.5 Å². The standard InChI is InChI=1S/C55H65F2N7O23/c1-5-55(81)26-16-31-37-24(18-64(31)49(74)25(26)20-83-53(55)79)23(35-30(61-37)17-27(56)36(57)44(35)82-4)12-14-63(21(2)3)54(80)84-19-22-9-10-32(85-52-43(72)39(68)41(70)46(87-52)51(77)78)29(15-22)60-34(66)11-13-59-47(73)28(58)7-6-8-33(65)62-48-42(71)38(67)40(69)45(86-48)50(75)76/h9-10,15-17,21,28,38-43,45-46,48,52,67-72,81H,5-8,11-14,18-20,58H2,1-4H3,(H,59,73)(H,60,66)(H,62,65)(H,75,76)(H,77,78)/t28-,38-,39-,40-,41-,42+,43+,45-,46-,48+,52+,55-/m0/s1. The summed E-state index contributed by atoms with van der Waals surface area (Å²) in [5.74, 6) is -10.1. The first-order valence-corrected chi connectivity index (χ1v) is 27.4. The number of nitrogens with one attached hydrogen (secondary N) is 3. The van der Waals surface area contributed by atoms with Crippen molar-refractivity contribution in [3.63, 3.8) is 0 Å². The molecule has 2 aromatic carbocycles. The Kier molecular flexibility index (Phi) is 19.8. The molecule has 6 heterocycles. The van der Waals surface area contributed by atoms with Crippen LogP contribution in [0.4, 0.5) is 19.3 Å². The summed E-state index contributed by atoms with van der Waals surface area (Å²) in [4.78, 5) is 109. The highest BCUT2D eigenvalue weighted by molar-refractivity contribution is 5.94. The molecule has 14 N–H and O–H groups in total. The molecule has 12 atom stereocenters. The molecule has 2 saturated heterocycles.